The van der Waals surface area contributed by atoms with Crippen molar-refractivity contribution < 1.29 is 4.79 Å². The molecule has 1 aliphatic rings. The molecule has 1 aliphatic heterocycles. The fraction of sp³-hybridized carbons (Fsp3) is 0.286. The SMILES string of the molecule is CN(C)C1=Nc2[nH]cnc2C(=O)[N]1. The Balaban J connectivity index is 2.46. The van der Waals surface area contributed by atoms with Crippen molar-refractivity contribution in [1.82, 2.24) is 20.2 Å². The summed E-state index contributed by atoms with van der Waals surface area (Å²) in [5, 5.41) is 3.75. The minimum Gasteiger partial charge on any atom is -0.347 e. The van der Waals surface area contributed by atoms with E-state index in [9.17, 15) is 4.79 Å². The zero-order valence-corrected chi connectivity index (χ0v) is 7.27. The van der Waals surface area contributed by atoms with Gasteiger partial charge < -0.3 is 9.88 Å². The molecule has 13 heavy (non-hydrogen) atoms. The van der Waals surface area contributed by atoms with Gasteiger partial charge in [-0.05, 0) is 0 Å². The van der Waals surface area contributed by atoms with Crippen LogP contribution >= 0.6 is 0 Å². The lowest BCUT2D eigenvalue weighted by atomic mass is 10.4. The Morgan fingerprint density at radius 3 is 2.92 bits per heavy atom. The maximum Gasteiger partial charge on any atom is 0.302 e. The van der Waals surface area contributed by atoms with Gasteiger partial charge in [0.05, 0.1) is 6.33 Å². The van der Waals surface area contributed by atoms with Crippen LogP contribution in [0.15, 0.2) is 11.3 Å². The predicted molar refractivity (Wildman–Crippen MR) is 45.8 cm³/mol. The van der Waals surface area contributed by atoms with E-state index < -0.39 is 0 Å². The van der Waals surface area contributed by atoms with Crippen LogP contribution < -0.4 is 5.32 Å². The highest BCUT2D eigenvalue weighted by atomic mass is 16.2. The number of aliphatic imine (C=N–C) groups is 1. The van der Waals surface area contributed by atoms with Crippen LogP contribution in [-0.4, -0.2) is 40.8 Å². The number of hydrogen-bond acceptors (Lipinski definition) is 4. The summed E-state index contributed by atoms with van der Waals surface area (Å²) in [7, 11) is 3.55. The molecular weight excluding hydrogens is 170 g/mol. The molecule has 1 radical (unpaired) electrons. The second-order valence-electron chi connectivity index (χ2n) is 2.82. The van der Waals surface area contributed by atoms with Crippen LogP contribution in [0.1, 0.15) is 10.5 Å². The molecule has 0 atom stereocenters. The molecule has 1 amide bonds. The number of guanidine groups is 1. The number of nitrogens with zero attached hydrogens (tertiary/aromatic N) is 4. The minimum absolute atomic E-state index is 0.283. The largest absolute Gasteiger partial charge is 0.347 e. The highest BCUT2D eigenvalue weighted by Crippen LogP contribution is 2.17. The maximum absolute atomic E-state index is 11.3. The molecule has 0 spiro atoms. The predicted octanol–water partition coefficient (Wildman–Crippen LogP) is -0.283. The van der Waals surface area contributed by atoms with Crippen LogP contribution in [0.5, 0.6) is 0 Å². The standard InChI is InChI=1S/C7H8N5O/c1-12(2)7-10-5-4(6(13)11-7)8-3-9-5/h3H,1-2H3,(H,8,9). The van der Waals surface area contributed by atoms with Gasteiger partial charge in [0.2, 0.25) is 5.96 Å². The van der Waals surface area contributed by atoms with Crippen molar-refractivity contribution in [1.29, 1.82) is 0 Å². The fourth-order valence-corrected chi connectivity index (χ4v) is 0.998. The van der Waals surface area contributed by atoms with E-state index in [1.807, 2.05) is 0 Å². The monoisotopic (exact) mass is 178 g/mol. The van der Waals surface area contributed by atoms with Crippen LogP contribution in [0.2, 0.25) is 0 Å². The number of imidazole rings is 1. The van der Waals surface area contributed by atoms with E-state index >= 15 is 0 Å². The third-order valence-corrected chi connectivity index (χ3v) is 1.64. The van der Waals surface area contributed by atoms with Gasteiger partial charge in [-0.3, -0.25) is 4.79 Å². The van der Waals surface area contributed by atoms with Crippen molar-refractivity contribution in [2.45, 2.75) is 0 Å². The first-order chi connectivity index (χ1) is 6.18. The minimum atomic E-state index is -0.352. The van der Waals surface area contributed by atoms with Gasteiger partial charge in [-0.15, -0.1) is 0 Å². The van der Waals surface area contributed by atoms with Crippen molar-refractivity contribution in [3.05, 3.63) is 12.0 Å². The Hall–Kier alpha value is -1.85. The molecule has 0 unspecified atom stereocenters. The van der Waals surface area contributed by atoms with E-state index in [2.05, 4.69) is 20.3 Å². The summed E-state index contributed by atoms with van der Waals surface area (Å²) in [5.74, 6) is 0.514. The molecule has 0 saturated heterocycles. The molecule has 0 saturated carbocycles. The second kappa shape index (κ2) is 2.58. The fourth-order valence-electron chi connectivity index (χ4n) is 0.998. The lowest BCUT2D eigenvalue weighted by molar-refractivity contribution is 0.0964. The van der Waals surface area contributed by atoms with Crippen LogP contribution in [0, 0.1) is 0 Å². The van der Waals surface area contributed by atoms with E-state index in [4.69, 9.17) is 0 Å². The number of aromatic nitrogens is 2. The highest BCUT2D eigenvalue weighted by Gasteiger charge is 2.24. The molecule has 2 rings (SSSR count). The molecule has 0 aliphatic carbocycles. The molecule has 0 fully saturated rings. The Morgan fingerprint density at radius 2 is 2.23 bits per heavy atom. The summed E-state index contributed by atoms with van der Waals surface area (Å²) in [5.41, 5.74) is 0.283. The first-order valence-electron chi connectivity index (χ1n) is 3.74. The summed E-state index contributed by atoms with van der Waals surface area (Å²) in [6.07, 6.45) is 1.43. The van der Waals surface area contributed by atoms with Crippen molar-refractivity contribution in [2.24, 2.45) is 4.99 Å². The number of carbonyl (C=O) groups excluding carboxylic acids is 1. The molecule has 67 valence electrons. The molecule has 2 heterocycles. The summed E-state index contributed by atoms with van der Waals surface area (Å²) in [6, 6.07) is 0. The topological polar surface area (TPSA) is 75.5 Å². The summed E-state index contributed by atoms with van der Waals surface area (Å²) in [6.45, 7) is 0. The van der Waals surface area contributed by atoms with E-state index in [1.165, 1.54) is 6.33 Å². The van der Waals surface area contributed by atoms with Crippen LogP contribution in [-0.2, 0) is 0 Å². The first kappa shape index (κ1) is 7.78. The number of nitrogens with one attached hydrogen (secondary N) is 1. The Kier molecular flexibility index (Phi) is 1.54. The third-order valence-electron chi connectivity index (χ3n) is 1.64. The van der Waals surface area contributed by atoms with E-state index in [1.54, 1.807) is 19.0 Å². The van der Waals surface area contributed by atoms with Crippen molar-refractivity contribution in [3.63, 3.8) is 0 Å². The number of aromatic amines is 1. The quantitative estimate of drug-likeness (QED) is 0.593. The van der Waals surface area contributed by atoms with Crippen molar-refractivity contribution in [2.75, 3.05) is 14.1 Å². The number of fused-ring (bicyclic) bond motifs is 1. The van der Waals surface area contributed by atoms with Crippen molar-refractivity contribution in [3.8, 4) is 0 Å². The van der Waals surface area contributed by atoms with Gasteiger partial charge in [-0.25, -0.2) is 4.98 Å². The van der Waals surface area contributed by atoms with Crippen LogP contribution in [0.4, 0.5) is 5.82 Å². The van der Waals surface area contributed by atoms with Gasteiger partial charge in [0.1, 0.15) is 0 Å². The van der Waals surface area contributed by atoms with Gasteiger partial charge in [-0.1, -0.05) is 0 Å². The molecule has 1 N–H and O–H groups in total. The second-order valence-corrected chi connectivity index (χ2v) is 2.82. The van der Waals surface area contributed by atoms with Gasteiger partial charge in [0.25, 0.3) is 0 Å². The van der Waals surface area contributed by atoms with Crippen LogP contribution in [0.3, 0.4) is 0 Å². The molecule has 6 heteroatoms. The molecule has 1 aromatic heterocycles. The molecular formula is C7H8N5O. The average molecular weight is 178 g/mol. The van der Waals surface area contributed by atoms with Crippen LogP contribution in [0.25, 0.3) is 0 Å². The third kappa shape index (κ3) is 1.16. The number of carbonyl (C=O) groups is 1. The zero-order chi connectivity index (χ0) is 9.42. The highest BCUT2D eigenvalue weighted by molar-refractivity contribution is 6.10. The summed E-state index contributed by atoms with van der Waals surface area (Å²) >= 11 is 0. The Morgan fingerprint density at radius 1 is 1.46 bits per heavy atom. The van der Waals surface area contributed by atoms with E-state index in [0.29, 0.717) is 11.8 Å². The Bertz CT molecular complexity index is 378. The molecule has 1 aromatic rings. The van der Waals surface area contributed by atoms with Gasteiger partial charge in [0, 0.05) is 14.1 Å². The summed E-state index contributed by atoms with van der Waals surface area (Å²) in [4.78, 5) is 23.6. The smallest absolute Gasteiger partial charge is 0.302 e. The first-order valence-corrected chi connectivity index (χ1v) is 3.74. The number of H-pyrrole nitrogens is 1. The van der Waals surface area contributed by atoms with Gasteiger partial charge >= 0.3 is 5.91 Å². The lowest BCUT2D eigenvalue weighted by Gasteiger charge is -2.16. The van der Waals surface area contributed by atoms with Gasteiger partial charge in [-0.2, -0.15) is 10.3 Å². The van der Waals surface area contributed by atoms with Crippen molar-refractivity contribution >= 4 is 17.7 Å². The Labute approximate surface area is 74.7 Å². The molecule has 0 bridgehead atoms. The number of amides is 1. The number of hydrogen-bond donors (Lipinski definition) is 1. The van der Waals surface area contributed by atoms with E-state index in [0.717, 1.165) is 0 Å². The molecule has 6 nitrogen and oxygen atoms in total. The average Bonchev–Trinajstić information content (AvgIpc) is 2.51. The number of rotatable bonds is 0. The molecule has 0 aromatic carbocycles. The summed E-state index contributed by atoms with van der Waals surface area (Å²) < 4.78 is 0. The maximum atomic E-state index is 11.3. The normalized spacial score (nSPS) is 14.6. The lowest BCUT2D eigenvalue weighted by Crippen LogP contribution is -2.36. The zero-order valence-electron chi connectivity index (χ0n) is 7.27. The van der Waals surface area contributed by atoms with Gasteiger partial charge in [0.15, 0.2) is 11.5 Å². The van der Waals surface area contributed by atoms with E-state index in [-0.39, 0.29) is 11.6 Å².